The van der Waals surface area contributed by atoms with E-state index in [-0.39, 0.29) is 23.2 Å². The van der Waals surface area contributed by atoms with Gasteiger partial charge in [-0.05, 0) is 19.1 Å². The van der Waals surface area contributed by atoms with Crippen LogP contribution in [0.15, 0.2) is 23.4 Å². The number of hydrogen-bond acceptors (Lipinski definition) is 5. The van der Waals surface area contributed by atoms with Gasteiger partial charge in [0.1, 0.15) is 0 Å². The molecule has 1 aliphatic rings. The van der Waals surface area contributed by atoms with Crippen LogP contribution < -0.4 is 0 Å². The van der Waals surface area contributed by atoms with Gasteiger partial charge in [0.05, 0.1) is 18.8 Å². The summed E-state index contributed by atoms with van der Waals surface area (Å²) in [6.07, 6.45) is 1.04. The molecule has 1 atom stereocenters. The third-order valence-corrected chi connectivity index (χ3v) is 4.79. The number of morpholine rings is 1. The first-order chi connectivity index (χ1) is 8.93. The Balaban J connectivity index is 2.30. The Labute approximate surface area is 110 Å². The zero-order valence-electron chi connectivity index (χ0n) is 10.3. The molecule has 0 aliphatic carbocycles. The molecular weight excluding hydrogens is 272 g/mol. The highest BCUT2D eigenvalue weighted by Gasteiger charge is 2.32. The average Bonchev–Trinajstić information content (AvgIpc) is 2.39. The molecule has 0 bridgehead atoms. The van der Waals surface area contributed by atoms with Crippen LogP contribution in [-0.4, -0.2) is 54.6 Å². The summed E-state index contributed by atoms with van der Waals surface area (Å²) in [7, 11) is -3.70. The van der Waals surface area contributed by atoms with Crippen molar-refractivity contribution in [3.05, 3.63) is 23.9 Å². The molecule has 7 nitrogen and oxygen atoms in total. The quantitative estimate of drug-likeness (QED) is 0.852. The molecule has 19 heavy (non-hydrogen) atoms. The summed E-state index contributed by atoms with van der Waals surface area (Å²) in [5, 5.41) is 8.61. The first-order valence-electron chi connectivity index (χ1n) is 5.72. The van der Waals surface area contributed by atoms with E-state index in [0.717, 1.165) is 6.20 Å². The van der Waals surface area contributed by atoms with Crippen molar-refractivity contribution in [3.63, 3.8) is 0 Å². The Bertz CT molecular complexity index is 569. The van der Waals surface area contributed by atoms with Crippen LogP contribution in [0.25, 0.3) is 0 Å². The average molecular weight is 286 g/mol. The first kappa shape index (κ1) is 13.9. The van der Waals surface area contributed by atoms with Gasteiger partial charge < -0.3 is 9.84 Å². The van der Waals surface area contributed by atoms with Crippen molar-refractivity contribution >= 4 is 16.0 Å². The lowest BCUT2D eigenvalue weighted by atomic mass is 10.3. The molecule has 1 fully saturated rings. The number of carbonyl (C=O) groups is 1. The molecule has 0 spiro atoms. The van der Waals surface area contributed by atoms with E-state index < -0.39 is 16.0 Å². The summed E-state index contributed by atoms with van der Waals surface area (Å²) in [6.45, 7) is 2.71. The Morgan fingerprint density at radius 3 is 2.79 bits per heavy atom. The van der Waals surface area contributed by atoms with Gasteiger partial charge >= 0.3 is 5.97 Å². The highest BCUT2D eigenvalue weighted by molar-refractivity contribution is 7.89. The van der Waals surface area contributed by atoms with Crippen LogP contribution >= 0.6 is 0 Å². The number of aromatic nitrogens is 1. The molecule has 104 valence electrons. The largest absolute Gasteiger partial charge is 0.478 e. The zero-order valence-corrected chi connectivity index (χ0v) is 11.1. The molecule has 0 radical (unpaired) electrons. The van der Waals surface area contributed by atoms with Crippen molar-refractivity contribution in [2.75, 3.05) is 19.8 Å². The van der Waals surface area contributed by atoms with Gasteiger partial charge in [-0.15, -0.1) is 0 Å². The maximum Gasteiger partial charge on any atom is 0.337 e. The Kier molecular flexibility index (Phi) is 3.83. The van der Waals surface area contributed by atoms with E-state index in [2.05, 4.69) is 4.98 Å². The molecule has 1 aliphatic heterocycles. The molecule has 0 amide bonds. The highest BCUT2D eigenvalue weighted by atomic mass is 32.2. The molecule has 0 saturated carbocycles. The van der Waals surface area contributed by atoms with E-state index in [9.17, 15) is 13.2 Å². The second kappa shape index (κ2) is 5.24. The number of carboxylic acid groups (broad SMARTS) is 1. The molecule has 1 saturated heterocycles. The fourth-order valence-corrected chi connectivity index (χ4v) is 3.36. The number of ether oxygens (including phenoxy) is 1. The van der Waals surface area contributed by atoms with Crippen molar-refractivity contribution in [3.8, 4) is 0 Å². The fraction of sp³-hybridized carbons (Fsp3) is 0.455. The maximum atomic E-state index is 12.3. The minimum absolute atomic E-state index is 0.0472. The molecule has 2 rings (SSSR count). The van der Waals surface area contributed by atoms with Crippen LogP contribution in [0.3, 0.4) is 0 Å². The second-order valence-electron chi connectivity index (χ2n) is 4.23. The first-order valence-corrected chi connectivity index (χ1v) is 7.16. The minimum Gasteiger partial charge on any atom is -0.478 e. The van der Waals surface area contributed by atoms with Crippen molar-refractivity contribution in [2.45, 2.75) is 18.0 Å². The SMILES string of the molecule is C[C@@H]1COCCN1S(=O)(=O)c1ccc(C(=O)O)cn1. The van der Waals surface area contributed by atoms with Gasteiger partial charge in [0.15, 0.2) is 5.03 Å². The molecule has 8 heteroatoms. The third-order valence-electron chi connectivity index (χ3n) is 2.86. The molecule has 2 heterocycles. The number of aromatic carboxylic acids is 1. The normalized spacial score (nSPS) is 21.2. The lowest BCUT2D eigenvalue weighted by Crippen LogP contribution is -2.47. The van der Waals surface area contributed by atoms with Crippen molar-refractivity contribution in [1.29, 1.82) is 0 Å². The van der Waals surface area contributed by atoms with Gasteiger partial charge in [0.2, 0.25) is 0 Å². The number of pyridine rings is 1. The van der Waals surface area contributed by atoms with Crippen LogP contribution in [0.4, 0.5) is 0 Å². The van der Waals surface area contributed by atoms with Gasteiger partial charge in [0, 0.05) is 18.8 Å². The van der Waals surface area contributed by atoms with Crippen LogP contribution in [0.5, 0.6) is 0 Å². The smallest absolute Gasteiger partial charge is 0.337 e. The van der Waals surface area contributed by atoms with Crippen molar-refractivity contribution < 1.29 is 23.1 Å². The Hall–Kier alpha value is -1.51. The molecule has 0 unspecified atom stereocenters. The van der Waals surface area contributed by atoms with Crippen LogP contribution in [0, 0.1) is 0 Å². The van der Waals surface area contributed by atoms with E-state index in [1.165, 1.54) is 16.4 Å². The van der Waals surface area contributed by atoms with E-state index in [1.54, 1.807) is 6.92 Å². The fourth-order valence-electron chi connectivity index (χ4n) is 1.85. The lowest BCUT2D eigenvalue weighted by molar-refractivity contribution is 0.0391. The van der Waals surface area contributed by atoms with Crippen molar-refractivity contribution in [2.24, 2.45) is 0 Å². The highest BCUT2D eigenvalue weighted by Crippen LogP contribution is 2.18. The predicted molar refractivity (Wildman–Crippen MR) is 65.4 cm³/mol. The van der Waals surface area contributed by atoms with E-state index >= 15 is 0 Å². The number of hydrogen-bond donors (Lipinski definition) is 1. The maximum absolute atomic E-state index is 12.3. The summed E-state index contributed by atoms with van der Waals surface area (Å²) >= 11 is 0. The third kappa shape index (κ3) is 2.75. The monoisotopic (exact) mass is 286 g/mol. The van der Waals surface area contributed by atoms with Crippen LogP contribution in [0.2, 0.25) is 0 Å². The van der Waals surface area contributed by atoms with E-state index in [1.807, 2.05) is 0 Å². The summed E-state index contributed by atoms with van der Waals surface area (Å²) in [5.74, 6) is -1.14. The number of carboxylic acids is 1. The standard InChI is InChI=1S/C11H14N2O5S/c1-8-7-18-5-4-13(8)19(16,17)10-3-2-9(6-12-10)11(14)15/h2-3,6,8H,4-5,7H2,1H3,(H,14,15)/t8-/m1/s1. The second-order valence-corrected chi connectivity index (χ2v) is 6.07. The minimum atomic E-state index is -3.70. The number of nitrogens with zero attached hydrogens (tertiary/aromatic N) is 2. The lowest BCUT2D eigenvalue weighted by Gasteiger charge is -2.31. The van der Waals surface area contributed by atoms with Crippen LogP contribution in [-0.2, 0) is 14.8 Å². The Morgan fingerprint density at radius 2 is 2.26 bits per heavy atom. The van der Waals surface area contributed by atoms with Gasteiger partial charge in [-0.2, -0.15) is 4.31 Å². The summed E-state index contributed by atoms with van der Waals surface area (Å²) in [4.78, 5) is 14.4. The predicted octanol–water partition coefficient (Wildman–Crippen LogP) is 0.189. The zero-order chi connectivity index (χ0) is 14.0. The van der Waals surface area contributed by atoms with E-state index in [4.69, 9.17) is 9.84 Å². The van der Waals surface area contributed by atoms with Gasteiger partial charge in [-0.1, -0.05) is 0 Å². The number of sulfonamides is 1. The summed E-state index contributed by atoms with van der Waals surface area (Å²) in [5.41, 5.74) is -0.0472. The van der Waals surface area contributed by atoms with Crippen LogP contribution in [0.1, 0.15) is 17.3 Å². The molecule has 1 N–H and O–H groups in total. The van der Waals surface area contributed by atoms with Gasteiger partial charge in [0.25, 0.3) is 10.0 Å². The topological polar surface area (TPSA) is 96.8 Å². The molecule has 0 aromatic carbocycles. The van der Waals surface area contributed by atoms with Gasteiger partial charge in [-0.3, -0.25) is 0 Å². The molecular formula is C11H14N2O5S. The van der Waals surface area contributed by atoms with E-state index in [0.29, 0.717) is 13.2 Å². The molecule has 1 aromatic heterocycles. The Morgan fingerprint density at radius 1 is 1.53 bits per heavy atom. The van der Waals surface area contributed by atoms with Gasteiger partial charge in [-0.25, -0.2) is 18.2 Å². The van der Waals surface area contributed by atoms with Crippen molar-refractivity contribution in [1.82, 2.24) is 9.29 Å². The summed E-state index contributed by atoms with van der Waals surface area (Å²) < 4.78 is 31.2. The number of rotatable bonds is 3. The molecule has 1 aromatic rings. The summed E-state index contributed by atoms with van der Waals surface area (Å²) in [6, 6.07) is 2.17.